The standard InChI is InChI=1S/C24H29N3O2S3/c1-14-22(30-2)32-23(25-14)26-21(29)18-5-3-4-6-19(18)31-13-20(28)27-24-10-15-7-16(11-24)9-17(8-15)12-24/h3-6,15-17H,7-13H2,1-2H3,(H,27,28)(H,25,26,29). The second-order valence-corrected chi connectivity index (χ2v) is 12.7. The molecule has 0 saturated heterocycles. The van der Waals surface area contributed by atoms with Crippen molar-refractivity contribution >= 4 is 51.8 Å². The van der Waals surface area contributed by atoms with E-state index >= 15 is 0 Å². The smallest absolute Gasteiger partial charge is 0.258 e. The highest BCUT2D eigenvalue weighted by molar-refractivity contribution is 8.00. The number of nitrogens with one attached hydrogen (secondary N) is 2. The van der Waals surface area contributed by atoms with Gasteiger partial charge in [-0.3, -0.25) is 14.9 Å². The normalized spacial score (nSPS) is 28.0. The van der Waals surface area contributed by atoms with E-state index in [2.05, 4.69) is 15.6 Å². The number of anilines is 1. The fourth-order valence-electron chi connectivity index (χ4n) is 6.31. The van der Waals surface area contributed by atoms with Crippen molar-refractivity contribution in [2.45, 2.75) is 60.1 Å². The molecule has 2 aromatic rings. The number of aromatic nitrogens is 1. The molecule has 4 saturated carbocycles. The largest absolute Gasteiger partial charge is 0.350 e. The van der Waals surface area contributed by atoms with Crippen LogP contribution in [0.5, 0.6) is 0 Å². The van der Waals surface area contributed by atoms with E-state index in [1.54, 1.807) is 11.8 Å². The average molecular weight is 488 g/mol. The predicted octanol–water partition coefficient (Wildman–Crippen LogP) is 5.60. The van der Waals surface area contributed by atoms with E-state index < -0.39 is 0 Å². The summed E-state index contributed by atoms with van der Waals surface area (Å²) >= 11 is 4.56. The van der Waals surface area contributed by atoms with E-state index in [9.17, 15) is 9.59 Å². The van der Waals surface area contributed by atoms with E-state index in [1.807, 2.05) is 37.4 Å². The minimum Gasteiger partial charge on any atom is -0.350 e. The topological polar surface area (TPSA) is 71.1 Å². The number of aryl methyl sites for hydroxylation is 1. The molecule has 8 heteroatoms. The highest BCUT2D eigenvalue weighted by Gasteiger charge is 2.51. The van der Waals surface area contributed by atoms with Crippen molar-refractivity contribution in [1.29, 1.82) is 0 Å². The summed E-state index contributed by atoms with van der Waals surface area (Å²) in [6, 6.07) is 7.49. The van der Waals surface area contributed by atoms with Gasteiger partial charge in [0, 0.05) is 10.4 Å². The van der Waals surface area contributed by atoms with E-state index in [0.717, 1.165) is 51.8 Å². The van der Waals surface area contributed by atoms with Gasteiger partial charge in [0.1, 0.15) is 0 Å². The molecule has 6 rings (SSSR count). The van der Waals surface area contributed by atoms with Crippen molar-refractivity contribution in [1.82, 2.24) is 10.3 Å². The van der Waals surface area contributed by atoms with Gasteiger partial charge in [-0.2, -0.15) is 0 Å². The van der Waals surface area contributed by atoms with Gasteiger partial charge in [-0.05, 0) is 81.6 Å². The highest BCUT2D eigenvalue weighted by atomic mass is 32.2. The molecule has 2 N–H and O–H groups in total. The molecular formula is C24H29N3O2S3. The van der Waals surface area contributed by atoms with E-state index in [-0.39, 0.29) is 17.4 Å². The summed E-state index contributed by atoms with van der Waals surface area (Å²) in [7, 11) is 0. The number of amides is 2. The zero-order valence-corrected chi connectivity index (χ0v) is 20.9. The van der Waals surface area contributed by atoms with Crippen molar-refractivity contribution in [2.24, 2.45) is 17.8 Å². The Hall–Kier alpha value is -1.51. The minimum atomic E-state index is -0.184. The maximum Gasteiger partial charge on any atom is 0.258 e. The van der Waals surface area contributed by atoms with Crippen LogP contribution in [0, 0.1) is 24.7 Å². The third-order valence-corrected chi connectivity index (χ3v) is 10.5. The number of thioether (sulfide) groups is 2. The summed E-state index contributed by atoms with van der Waals surface area (Å²) in [5.74, 6) is 2.65. The summed E-state index contributed by atoms with van der Waals surface area (Å²) in [6.45, 7) is 1.95. The molecule has 0 aliphatic heterocycles. The molecule has 170 valence electrons. The number of nitrogens with zero attached hydrogens (tertiary/aromatic N) is 1. The predicted molar refractivity (Wildman–Crippen MR) is 133 cm³/mol. The summed E-state index contributed by atoms with van der Waals surface area (Å²) in [5, 5.41) is 6.96. The first-order chi connectivity index (χ1) is 15.4. The van der Waals surface area contributed by atoms with Crippen LogP contribution >= 0.6 is 34.9 Å². The molecule has 0 radical (unpaired) electrons. The molecule has 5 nitrogen and oxygen atoms in total. The first-order valence-corrected chi connectivity index (χ1v) is 14.3. The average Bonchev–Trinajstić information content (AvgIpc) is 3.10. The van der Waals surface area contributed by atoms with Gasteiger partial charge in [-0.25, -0.2) is 4.98 Å². The number of hydrogen-bond acceptors (Lipinski definition) is 6. The number of rotatable bonds is 7. The fourth-order valence-corrected chi connectivity index (χ4v) is 8.76. The molecular weight excluding hydrogens is 458 g/mol. The van der Waals surface area contributed by atoms with Gasteiger partial charge in [0.05, 0.1) is 21.2 Å². The quantitative estimate of drug-likeness (QED) is 0.497. The number of carbonyl (C=O) groups is 2. The lowest BCUT2D eigenvalue weighted by Crippen LogP contribution is -2.60. The maximum absolute atomic E-state index is 12.9. The Labute approximate surface area is 201 Å². The number of thiazole rings is 1. The van der Waals surface area contributed by atoms with Gasteiger partial charge in [-0.1, -0.05) is 23.5 Å². The van der Waals surface area contributed by atoms with Crippen LogP contribution in [-0.4, -0.2) is 34.3 Å². The Balaban J connectivity index is 1.21. The van der Waals surface area contributed by atoms with Gasteiger partial charge in [0.25, 0.3) is 5.91 Å². The summed E-state index contributed by atoms with van der Waals surface area (Å²) in [4.78, 5) is 31.1. The second kappa shape index (κ2) is 9.03. The zero-order chi connectivity index (χ0) is 22.3. The number of hydrogen-bond donors (Lipinski definition) is 2. The summed E-state index contributed by atoms with van der Waals surface area (Å²) < 4.78 is 1.10. The number of carbonyl (C=O) groups excluding carboxylic acids is 2. The second-order valence-electron chi connectivity index (χ2n) is 9.58. The molecule has 0 unspecified atom stereocenters. The van der Waals surface area contributed by atoms with E-state index in [1.165, 1.54) is 42.4 Å². The molecule has 32 heavy (non-hydrogen) atoms. The molecule has 0 atom stereocenters. The molecule has 4 bridgehead atoms. The summed E-state index contributed by atoms with van der Waals surface area (Å²) in [6.07, 6.45) is 9.56. The molecule has 4 aliphatic carbocycles. The molecule has 1 heterocycles. The first kappa shape index (κ1) is 22.3. The minimum absolute atomic E-state index is 0.0288. The fraction of sp³-hybridized carbons (Fsp3) is 0.542. The lowest BCUT2D eigenvalue weighted by Gasteiger charge is -2.56. The van der Waals surface area contributed by atoms with Gasteiger partial charge in [-0.15, -0.1) is 23.5 Å². The zero-order valence-electron chi connectivity index (χ0n) is 18.5. The van der Waals surface area contributed by atoms with Gasteiger partial charge >= 0.3 is 0 Å². The van der Waals surface area contributed by atoms with Gasteiger partial charge < -0.3 is 5.32 Å². The Bertz CT molecular complexity index is 1000. The van der Waals surface area contributed by atoms with Crippen LogP contribution in [0.15, 0.2) is 33.4 Å². The lowest BCUT2D eigenvalue weighted by atomic mass is 9.53. The molecule has 4 aliphatic rings. The van der Waals surface area contributed by atoms with Crippen LogP contribution in [0.25, 0.3) is 0 Å². The van der Waals surface area contributed by atoms with Crippen LogP contribution in [-0.2, 0) is 4.79 Å². The lowest BCUT2D eigenvalue weighted by molar-refractivity contribution is -0.124. The van der Waals surface area contributed by atoms with Crippen molar-refractivity contribution in [3.63, 3.8) is 0 Å². The Kier molecular flexibility index (Phi) is 6.29. The van der Waals surface area contributed by atoms with Crippen LogP contribution < -0.4 is 10.6 Å². The van der Waals surface area contributed by atoms with Crippen molar-refractivity contribution in [3.8, 4) is 0 Å². The van der Waals surface area contributed by atoms with Crippen LogP contribution in [0.1, 0.15) is 54.6 Å². The molecule has 1 aromatic heterocycles. The Morgan fingerprint density at radius 2 is 1.78 bits per heavy atom. The van der Waals surface area contributed by atoms with Crippen LogP contribution in [0.4, 0.5) is 5.13 Å². The van der Waals surface area contributed by atoms with Crippen molar-refractivity contribution < 1.29 is 9.59 Å². The third-order valence-electron chi connectivity index (χ3n) is 7.09. The SMILES string of the molecule is CSc1sc(NC(=O)c2ccccc2SCC(=O)NC23CC4CC(CC(C4)C2)C3)nc1C. The molecule has 0 spiro atoms. The van der Waals surface area contributed by atoms with Crippen LogP contribution in [0.2, 0.25) is 0 Å². The monoisotopic (exact) mass is 487 g/mol. The third kappa shape index (κ3) is 4.59. The van der Waals surface area contributed by atoms with Crippen molar-refractivity contribution in [3.05, 3.63) is 35.5 Å². The first-order valence-electron chi connectivity index (χ1n) is 11.3. The van der Waals surface area contributed by atoms with Gasteiger partial charge in [0.15, 0.2) is 5.13 Å². The Morgan fingerprint density at radius 1 is 1.12 bits per heavy atom. The molecule has 1 aromatic carbocycles. The maximum atomic E-state index is 12.9. The van der Waals surface area contributed by atoms with Crippen LogP contribution in [0.3, 0.4) is 0 Å². The Morgan fingerprint density at radius 3 is 2.41 bits per heavy atom. The van der Waals surface area contributed by atoms with Crippen molar-refractivity contribution in [2.75, 3.05) is 17.3 Å². The van der Waals surface area contributed by atoms with E-state index in [0.29, 0.717) is 16.4 Å². The van der Waals surface area contributed by atoms with E-state index in [4.69, 9.17) is 0 Å². The van der Waals surface area contributed by atoms with Gasteiger partial charge in [0.2, 0.25) is 5.91 Å². The number of benzene rings is 1. The summed E-state index contributed by atoms with van der Waals surface area (Å²) in [5.41, 5.74) is 1.54. The molecule has 4 fully saturated rings. The molecule has 2 amide bonds. The highest BCUT2D eigenvalue weighted by Crippen LogP contribution is 2.55.